The van der Waals surface area contributed by atoms with Crippen molar-refractivity contribution in [3.05, 3.63) is 57.6 Å². The molecular formula is C29H38Cl2N2O4. The van der Waals surface area contributed by atoms with E-state index in [1.807, 2.05) is 38.1 Å². The number of hydrogen-bond donors (Lipinski definition) is 1. The molecule has 0 saturated heterocycles. The van der Waals surface area contributed by atoms with E-state index in [2.05, 4.69) is 5.32 Å². The molecule has 1 atom stereocenters. The summed E-state index contributed by atoms with van der Waals surface area (Å²) in [6.45, 7) is 6.97. The van der Waals surface area contributed by atoms with Gasteiger partial charge in [0.1, 0.15) is 6.04 Å². The number of aryl methyl sites for hydroxylation is 1. The predicted molar refractivity (Wildman–Crippen MR) is 149 cm³/mol. The topological polar surface area (TPSA) is 67.9 Å². The van der Waals surface area contributed by atoms with E-state index in [-0.39, 0.29) is 30.8 Å². The minimum Gasteiger partial charge on any atom is -0.490 e. The average Bonchev–Trinajstić information content (AvgIpc) is 2.89. The molecule has 2 aromatic carbocycles. The Bertz CT molecular complexity index is 1060. The number of nitrogens with one attached hydrogen (secondary N) is 1. The Hall–Kier alpha value is -2.44. The maximum absolute atomic E-state index is 13.5. The Balaban J connectivity index is 1.74. The lowest BCUT2D eigenvalue weighted by atomic mass is 9.95. The van der Waals surface area contributed by atoms with Crippen LogP contribution in [0.1, 0.15) is 70.4 Å². The smallest absolute Gasteiger partial charge is 0.242 e. The maximum Gasteiger partial charge on any atom is 0.242 e. The third-order valence-corrected chi connectivity index (χ3v) is 7.43. The zero-order valence-electron chi connectivity index (χ0n) is 22.0. The second-order valence-corrected chi connectivity index (χ2v) is 10.3. The fraction of sp³-hybridized carbons (Fsp3) is 0.517. The lowest BCUT2D eigenvalue weighted by Gasteiger charge is -2.31. The molecule has 1 saturated carbocycles. The molecular weight excluding hydrogens is 511 g/mol. The summed E-state index contributed by atoms with van der Waals surface area (Å²) >= 11 is 12.3. The van der Waals surface area contributed by atoms with Crippen LogP contribution in [0.2, 0.25) is 10.0 Å². The first-order valence-electron chi connectivity index (χ1n) is 13.2. The first kappa shape index (κ1) is 29.1. The largest absolute Gasteiger partial charge is 0.490 e. The number of halogens is 2. The van der Waals surface area contributed by atoms with Gasteiger partial charge in [0.05, 0.1) is 23.3 Å². The molecule has 1 aliphatic rings. The highest BCUT2D eigenvalue weighted by atomic mass is 35.5. The van der Waals surface area contributed by atoms with Crippen LogP contribution in [-0.4, -0.2) is 42.0 Å². The molecule has 3 rings (SSSR count). The van der Waals surface area contributed by atoms with Gasteiger partial charge in [-0.3, -0.25) is 9.59 Å². The molecule has 1 N–H and O–H groups in total. The molecule has 6 nitrogen and oxygen atoms in total. The van der Waals surface area contributed by atoms with Gasteiger partial charge in [-0.15, -0.1) is 0 Å². The summed E-state index contributed by atoms with van der Waals surface area (Å²) in [5, 5.41) is 4.03. The SMILES string of the molecule is CCOc1ccc(CCC(=O)N(Cc2ccc(Cl)c(Cl)c2)[C@@H](C)C(=O)NC2CCCCC2)cc1OCC. The lowest BCUT2D eigenvalue weighted by molar-refractivity contribution is -0.141. The summed E-state index contributed by atoms with van der Waals surface area (Å²) in [4.78, 5) is 28.3. The molecule has 0 aliphatic heterocycles. The molecule has 1 fully saturated rings. The van der Waals surface area contributed by atoms with E-state index in [4.69, 9.17) is 32.7 Å². The van der Waals surface area contributed by atoms with E-state index in [0.717, 1.165) is 36.8 Å². The van der Waals surface area contributed by atoms with Crippen molar-refractivity contribution in [2.24, 2.45) is 0 Å². The zero-order chi connectivity index (χ0) is 26.8. The molecule has 0 spiro atoms. The van der Waals surface area contributed by atoms with Crippen LogP contribution in [0.5, 0.6) is 11.5 Å². The fourth-order valence-electron chi connectivity index (χ4n) is 4.63. The van der Waals surface area contributed by atoms with Crippen LogP contribution in [0.3, 0.4) is 0 Å². The average molecular weight is 550 g/mol. The quantitative estimate of drug-likeness (QED) is 0.324. The number of carbonyl (C=O) groups is 2. The van der Waals surface area contributed by atoms with Crippen molar-refractivity contribution >= 4 is 35.0 Å². The second kappa shape index (κ2) is 14.5. The number of benzene rings is 2. The van der Waals surface area contributed by atoms with E-state index >= 15 is 0 Å². The number of nitrogens with zero attached hydrogens (tertiary/aromatic N) is 1. The van der Waals surface area contributed by atoms with Crippen molar-refractivity contribution < 1.29 is 19.1 Å². The molecule has 0 heterocycles. The van der Waals surface area contributed by atoms with Gasteiger partial charge in [-0.05, 0) is 75.4 Å². The van der Waals surface area contributed by atoms with Gasteiger partial charge < -0.3 is 19.7 Å². The van der Waals surface area contributed by atoms with Gasteiger partial charge >= 0.3 is 0 Å². The third kappa shape index (κ3) is 8.54. The van der Waals surface area contributed by atoms with Crippen LogP contribution < -0.4 is 14.8 Å². The Morgan fingerprint density at radius 2 is 1.62 bits per heavy atom. The highest BCUT2D eigenvalue weighted by Crippen LogP contribution is 2.29. The van der Waals surface area contributed by atoms with E-state index < -0.39 is 6.04 Å². The molecule has 0 aromatic heterocycles. The summed E-state index contributed by atoms with van der Waals surface area (Å²) in [5.41, 5.74) is 1.79. The van der Waals surface area contributed by atoms with Crippen molar-refractivity contribution in [2.75, 3.05) is 13.2 Å². The number of hydrogen-bond acceptors (Lipinski definition) is 4. The molecule has 0 radical (unpaired) electrons. The molecule has 1 aliphatic carbocycles. The van der Waals surface area contributed by atoms with Crippen molar-refractivity contribution in [1.29, 1.82) is 0 Å². The summed E-state index contributed by atoms with van der Waals surface area (Å²) in [6, 6.07) is 10.6. The molecule has 37 heavy (non-hydrogen) atoms. The van der Waals surface area contributed by atoms with Gasteiger partial charge in [0, 0.05) is 19.0 Å². The number of ether oxygens (including phenoxy) is 2. The fourth-order valence-corrected chi connectivity index (χ4v) is 4.95. The van der Waals surface area contributed by atoms with Crippen LogP contribution in [0.4, 0.5) is 0 Å². The highest BCUT2D eigenvalue weighted by Gasteiger charge is 2.28. The molecule has 2 amide bonds. The van der Waals surface area contributed by atoms with Crippen molar-refractivity contribution in [3.63, 3.8) is 0 Å². The second-order valence-electron chi connectivity index (χ2n) is 9.44. The van der Waals surface area contributed by atoms with E-state index in [9.17, 15) is 9.59 Å². The van der Waals surface area contributed by atoms with Crippen molar-refractivity contribution in [2.45, 2.75) is 84.3 Å². The number of amides is 2. The standard InChI is InChI=1S/C29H38Cl2N2O4/c1-4-36-26-15-12-21(18-27(26)37-5-2)13-16-28(34)33(19-22-11-14-24(30)25(31)17-22)20(3)29(35)32-23-9-7-6-8-10-23/h11-12,14-15,17-18,20,23H,4-10,13,16,19H2,1-3H3,(H,32,35)/t20-/m0/s1. The van der Waals surface area contributed by atoms with E-state index in [1.165, 1.54) is 6.42 Å². The van der Waals surface area contributed by atoms with E-state index in [0.29, 0.717) is 41.2 Å². The van der Waals surface area contributed by atoms with E-state index in [1.54, 1.807) is 24.0 Å². The van der Waals surface area contributed by atoms with Crippen LogP contribution in [-0.2, 0) is 22.6 Å². The minimum absolute atomic E-state index is 0.107. The molecule has 0 bridgehead atoms. The number of carbonyl (C=O) groups excluding carboxylic acids is 2. The first-order valence-corrected chi connectivity index (χ1v) is 14.0. The molecule has 202 valence electrons. The van der Waals surface area contributed by atoms with Gasteiger partial charge in [-0.25, -0.2) is 0 Å². The summed E-state index contributed by atoms with van der Waals surface area (Å²) < 4.78 is 11.4. The zero-order valence-corrected chi connectivity index (χ0v) is 23.5. The van der Waals surface area contributed by atoms with Gasteiger partial charge in [-0.1, -0.05) is 54.6 Å². The van der Waals surface area contributed by atoms with Gasteiger partial charge in [-0.2, -0.15) is 0 Å². The minimum atomic E-state index is -0.622. The molecule has 2 aromatic rings. The van der Waals surface area contributed by atoms with Crippen LogP contribution in [0.25, 0.3) is 0 Å². The Morgan fingerprint density at radius 1 is 0.946 bits per heavy atom. The van der Waals surface area contributed by atoms with Crippen molar-refractivity contribution in [3.8, 4) is 11.5 Å². The van der Waals surface area contributed by atoms with Crippen LogP contribution in [0.15, 0.2) is 36.4 Å². The van der Waals surface area contributed by atoms with Gasteiger partial charge in [0.15, 0.2) is 11.5 Å². The highest BCUT2D eigenvalue weighted by molar-refractivity contribution is 6.42. The molecule has 0 unspecified atom stereocenters. The predicted octanol–water partition coefficient (Wildman–Crippen LogP) is 6.59. The third-order valence-electron chi connectivity index (χ3n) is 6.69. The summed E-state index contributed by atoms with van der Waals surface area (Å²) in [7, 11) is 0. The number of rotatable bonds is 12. The maximum atomic E-state index is 13.5. The Morgan fingerprint density at radius 3 is 2.30 bits per heavy atom. The van der Waals surface area contributed by atoms with Crippen LogP contribution >= 0.6 is 23.2 Å². The molecule has 8 heteroatoms. The Kier molecular flexibility index (Phi) is 11.4. The van der Waals surface area contributed by atoms with Crippen LogP contribution in [0, 0.1) is 0 Å². The summed E-state index contributed by atoms with van der Waals surface area (Å²) in [5.74, 6) is 1.13. The normalized spacial score (nSPS) is 14.6. The van der Waals surface area contributed by atoms with Gasteiger partial charge in [0.2, 0.25) is 11.8 Å². The first-order chi connectivity index (χ1) is 17.8. The van der Waals surface area contributed by atoms with Crippen molar-refractivity contribution in [1.82, 2.24) is 10.2 Å². The summed E-state index contributed by atoms with van der Waals surface area (Å²) in [6.07, 6.45) is 6.19. The Labute approximate surface area is 230 Å². The lowest BCUT2D eigenvalue weighted by Crippen LogP contribution is -2.50. The monoisotopic (exact) mass is 548 g/mol. The van der Waals surface area contributed by atoms with Gasteiger partial charge in [0.25, 0.3) is 0 Å².